The third-order valence-corrected chi connectivity index (χ3v) is 4.24. The second-order valence-electron chi connectivity index (χ2n) is 6.63. The van der Waals surface area contributed by atoms with Gasteiger partial charge in [0.2, 0.25) is 5.91 Å². The highest BCUT2D eigenvalue weighted by molar-refractivity contribution is 6.02. The predicted octanol–water partition coefficient (Wildman–Crippen LogP) is 3.83. The molecule has 2 aromatic heterocycles. The highest BCUT2D eigenvalue weighted by atomic mass is 16.5. The quantitative estimate of drug-likeness (QED) is 0.496. The number of anilines is 1. The smallest absolute Gasteiger partial charge is 0.287 e. The summed E-state index contributed by atoms with van der Waals surface area (Å²) in [5.41, 5.74) is 2.16. The lowest BCUT2D eigenvalue weighted by Gasteiger charge is -2.08. The Morgan fingerprint density at radius 3 is 2.80 bits per heavy atom. The summed E-state index contributed by atoms with van der Waals surface area (Å²) in [5, 5.41) is 2.80. The van der Waals surface area contributed by atoms with Crippen molar-refractivity contribution in [3.8, 4) is 5.75 Å². The first-order valence-electron chi connectivity index (χ1n) is 9.33. The van der Waals surface area contributed by atoms with Crippen LogP contribution in [0.5, 0.6) is 5.75 Å². The average molecular weight is 401 g/mol. The first-order chi connectivity index (χ1) is 14.6. The Bertz CT molecular complexity index is 1270. The Morgan fingerprint density at radius 1 is 1.13 bits per heavy atom. The number of fused-ring (bicyclic) bond motifs is 1. The Balaban J connectivity index is 1.40. The van der Waals surface area contributed by atoms with Gasteiger partial charge in [-0.1, -0.05) is 36.4 Å². The minimum Gasteiger partial charge on any atom is -0.487 e. The molecule has 0 fully saturated rings. The van der Waals surface area contributed by atoms with E-state index in [-0.39, 0.29) is 18.1 Å². The van der Waals surface area contributed by atoms with E-state index in [4.69, 9.17) is 9.26 Å². The average Bonchev–Trinajstić information content (AvgIpc) is 3.13. The molecule has 30 heavy (non-hydrogen) atoms. The Morgan fingerprint density at radius 2 is 1.97 bits per heavy atom. The molecule has 1 amide bonds. The molecule has 0 aliphatic carbocycles. The number of carbonyl (C=O) groups is 1. The molecular formula is C23H19N3O4. The predicted molar refractivity (Wildman–Crippen MR) is 113 cm³/mol. The van der Waals surface area contributed by atoms with Crippen molar-refractivity contribution in [2.24, 2.45) is 0 Å². The number of carbonyl (C=O) groups excluding carboxylic acids is 1. The number of aryl methyl sites for hydroxylation is 1. The van der Waals surface area contributed by atoms with Crippen LogP contribution >= 0.6 is 0 Å². The SMILES string of the molecule is Cc1cc2nc(COc3cccc(NC(=O)/C=C/c4ccccc4)c3)cc(=O)n2o1. The first-order valence-corrected chi connectivity index (χ1v) is 9.33. The molecule has 0 spiro atoms. The van der Waals surface area contributed by atoms with E-state index in [0.717, 1.165) is 10.1 Å². The van der Waals surface area contributed by atoms with Crippen LogP contribution in [-0.2, 0) is 11.4 Å². The number of aromatic nitrogens is 2. The van der Waals surface area contributed by atoms with Gasteiger partial charge in [0, 0.05) is 30.0 Å². The number of nitrogens with zero attached hydrogens (tertiary/aromatic N) is 2. The Hall–Kier alpha value is -4.13. The topological polar surface area (TPSA) is 85.8 Å². The zero-order valence-corrected chi connectivity index (χ0v) is 16.2. The van der Waals surface area contributed by atoms with Gasteiger partial charge >= 0.3 is 0 Å². The van der Waals surface area contributed by atoms with Crippen molar-refractivity contribution in [2.75, 3.05) is 5.32 Å². The van der Waals surface area contributed by atoms with Crippen LogP contribution < -0.4 is 15.6 Å². The van der Waals surface area contributed by atoms with Gasteiger partial charge in [0.1, 0.15) is 18.1 Å². The molecule has 7 nitrogen and oxygen atoms in total. The minimum atomic E-state index is -0.307. The first kappa shape index (κ1) is 19.2. The van der Waals surface area contributed by atoms with Crippen molar-refractivity contribution in [3.05, 3.63) is 100 Å². The molecular weight excluding hydrogens is 382 g/mol. The van der Waals surface area contributed by atoms with Gasteiger partial charge in [0.25, 0.3) is 5.56 Å². The van der Waals surface area contributed by atoms with E-state index >= 15 is 0 Å². The number of rotatable bonds is 6. The molecule has 2 aromatic carbocycles. The highest BCUT2D eigenvalue weighted by Crippen LogP contribution is 2.18. The maximum atomic E-state index is 12.1. The lowest BCUT2D eigenvalue weighted by atomic mass is 10.2. The second kappa shape index (κ2) is 8.48. The Kier molecular flexibility index (Phi) is 5.43. The third kappa shape index (κ3) is 4.64. The minimum absolute atomic E-state index is 0.112. The van der Waals surface area contributed by atoms with Crippen LogP contribution in [0.15, 0.2) is 82.1 Å². The van der Waals surface area contributed by atoms with Crippen molar-refractivity contribution in [2.45, 2.75) is 13.5 Å². The molecule has 4 rings (SSSR count). The molecule has 0 atom stereocenters. The van der Waals surface area contributed by atoms with Gasteiger partial charge in [0.15, 0.2) is 5.65 Å². The molecule has 0 saturated carbocycles. The molecule has 0 saturated heterocycles. The molecule has 0 aliphatic rings. The fourth-order valence-corrected chi connectivity index (χ4v) is 2.89. The summed E-state index contributed by atoms with van der Waals surface area (Å²) in [4.78, 5) is 28.6. The zero-order chi connectivity index (χ0) is 20.9. The van der Waals surface area contributed by atoms with Crippen LogP contribution in [0, 0.1) is 6.92 Å². The van der Waals surface area contributed by atoms with Gasteiger partial charge in [-0.05, 0) is 30.7 Å². The summed E-state index contributed by atoms with van der Waals surface area (Å²) >= 11 is 0. The van der Waals surface area contributed by atoms with E-state index < -0.39 is 0 Å². The van der Waals surface area contributed by atoms with E-state index in [1.807, 2.05) is 30.3 Å². The standard InChI is InChI=1S/C23H19N3O4/c1-16-12-21-24-19(14-23(28)26(21)30-16)15-29-20-9-5-8-18(13-20)25-22(27)11-10-17-6-3-2-4-7-17/h2-14H,15H2,1H3,(H,25,27)/b11-10+. The molecule has 2 heterocycles. The van der Waals surface area contributed by atoms with E-state index in [9.17, 15) is 9.59 Å². The lowest BCUT2D eigenvalue weighted by molar-refractivity contribution is -0.111. The third-order valence-electron chi connectivity index (χ3n) is 4.24. The van der Waals surface area contributed by atoms with Crippen LogP contribution in [0.4, 0.5) is 5.69 Å². The van der Waals surface area contributed by atoms with Crippen molar-refractivity contribution < 1.29 is 14.1 Å². The van der Waals surface area contributed by atoms with Crippen LogP contribution in [0.1, 0.15) is 17.0 Å². The molecule has 0 aliphatic heterocycles. The molecule has 150 valence electrons. The number of amides is 1. The Labute approximate surface area is 172 Å². The summed E-state index contributed by atoms with van der Waals surface area (Å²) in [6.45, 7) is 1.86. The molecule has 0 radical (unpaired) electrons. The molecule has 4 aromatic rings. The molecule has 0 unspecified atom stereocenters. The second-order valence-corrected chi connectivity index (χ2v) is 6.63. The van der Waals surface area contributed by atoms with Crippen LogP contribution in [-0.4, -0.2) is 15.5 Å². The zero-order valence-electron chi connectivity index (χ0n) is 16.2. The fraction of sp³-hybridized carbons (Fsp3) is 0.0870. The van der Waals surface area contributed by atoms with Gasteiger partial charge in [-0.15, -0.1) is 4.57 Å². The van der Waals surface area contributed by atoms with Gasteiger partial charge in [-0.25, -0.2) is 4.98 Å². The molecule has 1 N–H and O–H groups in total. The van der Waals surface area contributed by atoms with Crippen molar-refractivity contribution in [3.63, 3.8) is 0 Å². The van der Waals surface area contributed by atoms with Crippen LogP contribution in [0.2, 0.25) is 0 Å². The van der Waals surface area contributed by atoms with E-state index in [0.29, 0.717) is 28.5 Å². The van der Waals surface area contributed by atoms with E-state index in [1.165, 1.54) is 12.1 Å². The number of ether oxygens (including phenoxy) is 1. The van der Waals surface area contributed by atoms with Crippen LogP contribution in [0.3, 0.4) is 0 Å². The van der Waals surface area contributed by atoms with Gasteiger partial charge in [-0.3, -0.25) is 9.59 Å². The fourth-order valence-electron chi connectivity index (χ4n) is 2.89. The summed E-state index contributed by atoms with van der Waals surface area (Å²) in [6, 6.07) is 19.7. The molecule has 0 bridgehead atoms. The maximum absolute atomic E-state index is 12.1. The van der Waals surface area contributed by atoms with Gasteiger partial charge in [-0.2, -0.15) is 0 Å². The number of nitrogens with one attached hydrogen (secondary N) is 1. The largest absolute Gasteiger partial charge is 0.487 e. The van der Waals surface area contributed by atoms with Gasteiger partial charge < -0.3 is 14.6 Å². The van der Waals surface area contributed by atoms with Crippen molar-refractivity contribution in [1.29, 1.82) is 0 Å². The summed E-state index contributed by atoms with van der Waals surface area (Å²) in [6.07, 6.45) is 3.22. The summed E-state index contributed by atoms with van der Waals surface area (Å²) in [5.74, 6) is 0.902. The monoisotopic (exact) mass is 401 g/mol. The molecule has 7 heteroatoms. The summed E-state index contributed by atoms with van der Waals surface area (Å²) in [7, 11) is 0. The number of benzene rings is 2. The number of hydrogen-bond acceptors (Lipinski definition) is 5. The lowest BCUT2D eigenvalue weighted by Crippen LogP contribution is -2.14. The number of hydrogen-bond donors (Lipinski definition) is 1. The van der Waals surface area contributed by atoms with Gasteiger partial charge in [0.05, 0.1) is 5.69 Å². The normalized spacial score (nSPS) is 11.1. The van der Waals surface area contributed by atoms with Crippen LogP contribution in [0.25, 0.3) is 11.7 Å². The summed E-state index contributed by atoms with van der Waals surface area (Å²) < 4.78 is 12.2. The maximum Gasteiger partial charge on any atom is 0.287 e. The van der Waals surface area contributed by atoms with Crippen molar-refractivity contribution in [1.82, 2.24) is 9.56 Å². The van der Waals surface area contributed by atoms with E-state index in [2.05, 4.69) is 10.3 Å². The van der Waals surface area contributed by atoms with E-state index in [1.54, 1.807) is 43.3 Å². The van der Waals surface area contributed by atoms with Crippen molar-refractivity contribution >= 4 is 23.3 Å². The highest BCUT2D eigenvalue weighted by Gasteiger charge is 2.08.